The molecule has 0 radical (unpaired) electrons. The van der Waals surface area contributed by atoms with Gasteiger partial charge in [-0.15, -0.1) is 0 Å². The summed E-state index contributed by atoms with van der Waals surface area (Å²) in [5.74, 6) is 0. The normalized spacial score (nSPS) is 14.5. The van der Waals surface area contributed by atoms with Crippen LogP contribution in [0, 0.1) is 0 Å². The third-order valence-electron chi connectivity index (χ3n) is 4.94. The van der Waals surface area contributed by atoms with Gasteiger partial charge in [0.1, 0.15) is 0 Å². The first-order valence-electron chi connectivity index (χ1n) is 9.57. The van der Waals surface area contributed by atoms with Crippen LogP contribution in [0.15, 0.2) is 48.5 Å². The van der Waals surface area contributed by atoms with Crippen LogP contribution in [0.2, 0.25) is 5.02 Å². The number of carbonyl (C=O) groups is 1. The predicted molar refractivity (Wildman–Crippen MR) is 117 cm³/mol. The second-order valence-corrected chi connectivity index (χ2v) is 8.35. The summed E-state index contributed by atoms with van der Waals surface area (Å²) in [5, 5.41) is 4.78. The maximum absolute atomic E-state index is 12.4. The van der Waals surface area contributed by atoms with Gasteiger partial charge in [-0.3, -0.25) is 0 Å². The molecule has 1 aromatic heterocycles. The molecular weight excluding hydrogens is 392 g/mol. The van der Waals surface area contributed by atoms with Crippen LogP contribution in [0.3, 0.4) is 0 Å². The third kappa shape index (κ3) is 4.56. The number of fused-ring (bicyclic) bond motifs is 1. The number of aromatic nitrogens is 1. The number of halogens is 1. The lowest BCUT2D eigenvalue weighted by Gasteiger charge is -2.34. The quantitative estimate of drug-likeness (QED) is 0.629. The zero-order chi connectivity index (χ0) is 19.3. The van der Waals surface area contributed by atoms with Crippen LogP contribution < -0.4 is 10.2 Å². The second-order valence-electron chi connectivity index (χ2n) is 6.90. The molecule has 2 amide bonds. The number of piperazine rings is 1. The van der Waals surface area contributed by atoms with E-state index in [0.717, 1.165) is 46.3 Å². The lowest BCUT2D eigenvalue weighted by atomic mass is 10.1. The molecule has 3 aromatic rings. The van der Waals surface area contributed by atoms with Gasteiger partial charge in [0.15, 0.2) is 5.13 Å². The van der Waals surface area contributed by atoms with Gasteiger partial charge in [0.2, 0.25) is 0 Å². The summed E-state index contributed by atoms with van der Waals surface area (Å²) in [6.45, 7) is 3.71. The molecule has 1 saturated heterocycles. The monoisotopic (exact) mass is 414 g/mol. The Hall–Kier alpha value is -2.31. The molecule has 0 spiro atoms. The lowest BCUT2D eigenvalue weighted by Crippen LogP contribution is -2.52. The summed E-state index contributed by atoms with van der Waals surface area (Å²) in [7, 11) is 0. The molecule has 1 aliphatic heterocycles. The zero-order valence-electron chi connectivity index (χ0n) is 15.6. The number of nitrogens with one attached hydrogen (secondary N) is 1. The third-order valence-corrected chi connectivity index (χ3v) is 6.25. The van der Waals surface area contributed by atoms with Gasteiger partial charge in [-0.1, -0.05) is 53.3 Å². The van der Waals surface area contributed by atoms with Crippen LogP contribution in [-0.2, 0) is 6.42 Å². The van der Waals surface area contributed by atoms with E-state index in [0.29, 0.717) is 19.6 Å². The number of amides is 2. The molecule has 146 valence electrons. The molecule has 2 heterocycles. The van der Waals surface area contributed by atoms with Crippen molar-refractivity contribution in [2.75, 3.05) is 37.6 Å². The Morgan fingerprint density at radius 1 is 1.11 bits per heavy atom. The van der Waals surface area contributed by atoms with Crippen molar-refractivity contribution >= 4 is 44.3 Å². The first-order valence-corrected chi connectivity index (χ1v) is 10.8. The van der Waals surface area contributed by atoms with Crippen molar-refractivity contribution in [1.82, 2.24) is 15.2 Å². The van der Waals surface area contributed by atoms with Gasteiger partial charge in [0.25, 0.3) is 0 Å². The Labute approximate surface area is 173 Å². The Bertz CT molecular complexity index is 938. The highest BCUT2D eigenvalue weighted by atomic mass is 35.5. The Morgan fingerprint density at radius 2 is 1.89 bits per heavy atom. The molecule has 1 aliphatic rings. The van der Waals surface area contributed by atoms with Gasteiger partial charge in [-0.25, -0.2) is 9.78 Å². The fourth-order valence-corrected chi connectivity index (χ4v) is 4.66. The summed E-state index contributed by atoms with van der Waals surface area (Å²) >= 11 is 7.72. The molecule has 28 heavy (non-hydrogen) atoms. The van der Waals surface area contributed by atoms with E-state index in [1.807, 2.05) is 41.3 Å². The number of carbonyl (C=O) groups excluding carboxylic acids is 1. The number of benzene rings is 2. The minimum absolute atomic E-state index is 0.0313. The van der Waals surface area contributed by atoms with Crippen molar-refractivity contribution in [2.24, 2.45) is 0 Å². The molecule has 0 atom stereocenters. The van der Waals surface area contributed by atoms with Crippen LogP contribution in [0.25, 0.3) is 10.2 Å². The van der Waals surface area contributed by atoms with E-state index >= 15 is 0 Å². The second kappa shape index (κ2) is 8.80. The molecular formula is C21H23ClN4OS. The van der Waals surface area contributed by atoms with E-state index in [4.69, 9.17) is 16.6 Å². The first kappa shape index (κ1) is 19.0. The number of nitrogens with zero attached hydrogens (tertiary/aromatic N) is 3. The highest BCUT2D eigenvalue weighted by Gasteiger charge is 2.22. The maximum atomic E-state index is 12.4. The number of thiazole rings is 1. The molecule has 0 bridgehead atoms. The summed E-state index contributed by atoms with van der Waals surface area (Å²) in [5.41, 5.74) is 2.28. The highest BCUT2D eigenvalue weighted by Crippen LogP contribution is 2.31. The summed E-state index contributed by atoms with van der Waals surface area (Å²) in [4.78, 5) is 21.2. The molecule has 1 fully saturated rings. The van der Waals surface area contributed by atoms with Crippen LogP contribution in [-0.4, -0.2) is 48.6 Å². The standard InChI is InChI=1S/C21H23ClN4OS/c22-17-8-9-18-19(15-17)28-21(24-18)26-13-11-25(12-14-26)20(27)23-10-4-7-16-5-2-1-3-6-16/h1-3,5-6,8-9,15H,4,7,10-14H2,(H,23,27). The number of rotatable bonds is 5. The highest BCUT2D eigenvalue weighted by molar-refractivity contribution is 7.22. The zero-order valence-corrected chi connectivity index (χ0v) is 17.2. The summed E-state index contributed by atoms with van der Waals surface area (Å²) in [6.07, 6.45) is 1.93. The predicted octanol–water partition coefficient (Wildman–Crippen LogP) is 4.41. The van der Waals surface area contributed by atoms with Gasteiger partial charge >= 0.3 is 6.03 Å². The molecule has 7 heteroatoms. The van der Waals surface area contributed by atoms with Gasteiger partial charge in [0, 0.05) is 37.7 Å². The lowest BCUT2D eigenvalue weighted by molar-refractivity contribution is 0.194. The molecule has 4 rings (SSSR count). The molecule has 0 aliphatic carbocycles. The van der Waals surface area contributed by atoms with Crippen molar-refractivity contribution in [3.8, 4) is 0 Å². The van der Waals surface area contributed by atoms with Crippen molar-refractivity contribution < 1.29 is 4.79 Å². The van der Waals surface area contributed by atoms with Crippen molar-refractivity contribution in [3.05, 3.63) is 59.1 Å². The Kier molecular flexibility index (Phi) is 5.98. The number of hydrogen-bond acceptors (Lipinski definition) is 4. The van der Waals surface area contributed by atoms with Crippen LogP contribution in [0.1, 0.15) is 12.0 Å². The smallest absolute Gasteiger partial charge is 0.317 e. The minimum atomic E-state index is 0.0313. The van der Waals surface area contributed by atoms with Gasteiger partial charge < -0.3 is 15.1 Å². The van der Waals surface area contributed by atoms with Crippen LogP contribution in [0.5, 0.6) is 0 Å². The fraction of sp³-hybridized carbons (Fsp3) is 0.333. The maximum Gasteiger partial charge on any atom is 0.317 e. The Balaban J connectivity index is 1.23. The van der Waals surface area contributed by atoms with E-state index in [1.165, 1.54) is 5.56 Å². The largest absolute Gasteiger partial charge is 0.345 e. The van der Waals surface area contributed by atoms with Crippen molar-refractivity contribution in [1.29, 1.82) is 0 Å². The number of hydrogen-bond donors (Lipinski definition) is 1. The van der Waals surface area contributed by atoms with E-state index < -0.39 is 0 Å². The van der Waals surface area contributed by atoms with E-state index in [9.17, 15) is 4.79 Å². The molecule has 2 aromatic carbocycles. The minimum Gasteiger partial charge on any atom is -0.345 e. The van der Waals surface area contributed by atoms with Crippen molar-refractivity contribution in [3.63, 3.8) is 0 Å². The van der Waals surface area contributed by atoms with E-state index in [-0.39, 0.29) is 6.03 Å². The van der Waals surface area contributed by atoms with Gasteiger partial charge in [0.05, 0.1) is 10.2 Å². The van der Waals surface area contributed by atoms with Crippen LogP contribution >= 0.6 is 22.9 Å². The van der Waals surface area contributed by atoms with E-state index in [2.05, 4.69) is 22.3 Å². The SMILES string of the molecule is O=C(NCCCc1ccccc1)N1CCN(c2nc3ccc(Cl)cc3s2)CC1. The average molecular weight is 415 g/mol. The molecule has 0 saturated carbocycles. The van der Waals surface area contributed by atoms with Gasteiger partial charge in [-0.05, 0) is 36.6 Å². The van der Waals surface area contributed by atoms with Gasteiger partial charge in [-0.2, -0.15) is 0 Å². The average Bonchev–Trinajstić information content (AvgIpc) is 3.15. The molecule has 1 N–H and O–H groups in total. The first-order chi connectivity index (χ1) is 13.7. The molecule has 0 unspecified atom stereocenters. The van der Waals surface area contributed by atoms with Crippen molar-refractivity contribution in [2.45, 2.75) is 12.8 Å². The fourth-order valence-electron chi connectivity index (χ4n) is 3.37. The molecule has 5 nitrogen and oxygen atoms in total. The number of urea groups is 1. The Morgan fingerprint density at radius 3 is 2.68 bits per heavy atom. The van der Waals surface area contributed by atoms with Crippen LogP contribution in [0.4, 0.5) is 9.93 Å². The number of aryl methyl sites for hydroxylation is 1. The summed E-state index contributed by atoms with van der Waals surface area (Å²) < 4.78 is 1.10. The topological polar surface area (TPSA) is 48.5 Å². The number of anilines is 1. The summed E-state index contributed by atoms with van der Waals surface area (Å²) in [6, 6.07) is 16.2. The van der Waals surface area contributed by atoms with E-state index in [1.54, 1.807) is 11.3 Å².